The van der Waals surface area contributed by atoms with Gasteiger partial charge in [-0.1, -0.05) is 126 Å². The van der Waals surface area contributed by atoms with Gasteiger partial charge in [0.2, 0.25) is 0 Å². The van der Waals surface area contributed by atoms with Crippen LogP contribution in [0.15, 0.2) is 79.4 Å². The second-order valence-corrected chi connectivity index (χ2v) is 5.80. The molecule has 0 aliphatic heterocycles. The summed E-state index contributed by atoms with van der Waals surface area (Å²) in [7, 11) is 0. The molecule has 0 spiro atoms. The highest BCUT2D eigenvalue weighted by molar-refractivity contribution is 5.60. The predicted octanol–water partition coefficient (Wildman–Crippen LogP) is 9.38. The first-order valence-corrected chi connectivity index (χ1v) is 10.4. The van der Waals surface area contributed by atoms with Gasteiger partial charge in [0.05, 0.1) is 0 Å². The second-order valence-electron chi connectivity index (χ2n) is 5.80. The van der Waals surface area contributed by atoms with Gasteiger partial charge in [0, 0.05) is 0 Å². The molecule has 2 rings (SSSR count). The average Bonchev–Trinajstić information content (AvgIpc) is 2.72. The minimum absolute atomic E-state index is 1.10. The minimum Gasteiger partial charge on any atom is -0.100 e. The van der Waals surface area contributed by atoms with E-state index in [0.717, 1.165) is 18.4 Å². The van der Waals surface area contributed by atoms with E-state index in [1.165, 1.54) is 23.1 Å². The van der Waals surface area contributed by atoms with Crippen molar-refractivity contribution in [2.45, 2.75) is 74.7 Å². The van der Waals surface area contributed by atoms with Crippen molar-refractivity contribution in [3.63, 3.8) is 0 Å². The van der Waals surface area contributed by atoms with Crippen molar-refractivity contribution in [3.8, 4) is 0 Å². The molecule has 27 heavy (non-hydrogen) atoms. The molecule has 2 aromatic carbocycles. The molecular weight excluding hydrogens is 324 g/mol. The fourth-order valence-corrected chi connectivity index (χ4v) is 1.73. The van der Waals surface area contributed by atoms with Gasteiger partial charge in [-0.2, -0.15) is 0 Å². The van der Waals surface area contributed by atoms with Gasteiger partial charge in [0.25, 0.3) is 0 Å². The molecule has 0 heterocycles. The van der Waals surface area contributed by atoms with Gasteiger partial charge >= 0.3 is 0 Å². The van der Waals surface area contributed by atoms with E-state index in [-0.39, 0.29) is 0 Å². The summed E-state index contributed by atoms with van der Waals surface area (Å²) in [5.41, 5.74) is 5.00. The van der Waals surface area contributed by atoms with E-state index in [1.807, 2.05) is 58.9 Å². The molecule has 0 unspecified atom stereocenters. The molecule has 0 radical (unpaired) electrons. The van der Waals surface area contributed by atoms with Crippen LogP contribution in [0.5, 0.6) is 0 Å². The Morgan fingerprint density at radius 2 is 1.07 bits per heavy atom. The molecule has 0 fully saturated rings. The highest BCUT2D eigenvalue weighted by Crippen LogP contribution is 2.08. The fraction of sp³-hybridized carbons (Fsp3) is 0.407. The lowest BCUT2D eigenvalue weighted by atomic mass is 10.1. The molecule has 0 aliphatic rings. The first kappa shape index (κ1) is 29.7. The van der Waals surface area contributed by atoms with E-state index in [2.05, 4.69) is 70.3 Å². The fourth-order valence-electron chi connectivity index (χ4n) is 1.73. The van der Waals surface area contributed by atoms with Gasteiger partial charge in [-0.3, -0.25) is 0 Å². The zero-order valence-electron chi connectivity index (χ0n) is 19.3. The van der Waals surface area contributed by atoms with Crippen molar-refractivity contribution >= 4 is 5.57 Å². The SMILES string of the molecule is C=C(C)CCc1ccccc1.C=C(C)c1ccccc1.CC.CC.CCC. The van der Waals surface area contributed by atoms with Crippen molar-refractivity contribution in [2.75, 3.05) is 0 Å². The van der Waals surface area contributed by atoms with E-state index in [4.69, 9.17) is 0 Å². The van der Waals surface area contributed by atoms with Crippen LogP contribution in [0.25, 0.3) is 5.57 Å². The Balaban J connectivity index is -0.000000324. The van der Waals surface area contributed by atoms with Crippen molar-refractivity contribution in [2.24, 2.45) is 0 Å². The molecule has 0 heteroatoms. The number of benzene rings is 2. The third-order valence-electron chi connectivity index (χ3n) is 2.95. The van der Waals surface area contributed by atoms with Crippen LogP contribution in [-0.4, -0.2) is 0 Å². The van der Waals surface area contributed by atoms with Crippen LogP contribution in [0, 0.1) is 0 Å². The Labute approximate surface area is 171 Å². The van der Waals surface area contributed by atoms with Crippen molar-refractivity contribution in [3.05, 3.63) is 90.5 Å². The molecule has 152 valence electrons. The van der Waals surface area contributed by atoms with Gasteiger partial charge in [-0.25, -0.2) is 0 Å². The summed E-state index contributed by atoms with van der Waals surface area (Å²) < 4.78 is 0. The topological polar surface area (TPSA) is 0 Å². The maximum Gasteiger partial charge on any atom is -0.0233 e. The van der Waals surface area contributed by atoms with E-state index >= 15 is 0 Å². The maximum atomic E-state index is 3.87. The van der Waals surface area contributed by atoms with Crippen LogP contribution < -0.4 is 0 Å². The number of aryl methyl sites for hydroxylation is 1. The van der Waals surface area contributed by atoms with Gasteiger partial charge in [0.1, 0.15) is 0 Å². The first-order valence-electron chi connectivity index (χ1n) is 10.4. The molecule has 0 aromatic heterocycles. The standard InChI is InChI=1S/C11H14.C9H10.C3H8.2C2H6/c1-10(2)8-9-11-6-4-3-5-7-11;1-8(2)9-6-4-3-5-7-9;1-3-2;2*1-2/h3-7H,1,8-9H2,2H3;3-7H,1H2,2H3;3H2,1-2H3;2*1-2H3. The molecule has 0 aliphatic carbocycles. The van der Waals surface area contributed by atoms with Gasteiger partial charge < -0.3 is 0 Å². The zero-order chi connectivity index (χ0) is 21.5. The second kappa shape index (κ2) is 23.9. The lowest BCUT2D eigenvalue weighted by Gasteiger charge is -1.98. The normalized spacial score (nSPS) is 8.00. The van der Waals surface area contributed by atoms with Gasteiger partial charge in [-0.15, -0.1) is 6.58 Å². The summed E-state index contributed by atoms with van der Waals surface area (Å²) >= 11 is 0. The van der Waals surface area contributed by atoms with E-state index in [9.17, 15) is 0 Å². The van der Waals surface area contributed by atoms with Crippen LogP contribution in [0.3, 0.4) is 0 Å². The first-order chi connectivity index (χ1) is 13.0. The molecule has 0 saturated carbocycles. The van der Waals surface area contributed by atoms with Crippen molar-refractivity contribution in [1.29, 1.82) is 0 Å². The summed E-state index contributed by atoms with van der Waals surface area (Å²) in [4.78, 5) is 0. The maximum absolute atomic E-state index is 3.87. The molecular formula is C27H44. The van der Waals surface area contributed by atoms with Crippen LogP contribution in [0.4, 0.5) is 0 Å². The van der Waals surface area contributed by atoms with Crippen LogP contribution in [-0.2, 0) is 6.42 Å². The van der Waals surface area contributed by atoms with Crippen LogP contribution >= 0.6 is 0 Å². The Bertz CT molecular complexity index is 535. The minimum atomic E-state index is 1.10. The van der Waals surface area contributed by atoms with Gasteiger partial charge in [-0.05, 0) is 37.8 Å². The molecule has 0 nitrogen and oxygen atoms in total. The zero-order valence-corrected chi connectivity index (χ0v) is 19.3. The number of hydrogen-bond acceptors (Lipinski definition) is 0. The lowest BCUT2D eigenvalue weighted by molar-refractivity contribution is 0.946. The highest BCUT2D eigenvalue weighted by atomic mass is 14.0. The highest BCUT2D eigenvalue weighted by Gasteiger charge is 1.90. The van der Waals surface area contributed by atoms with E-state index in [1.54, 1.807) is 0 Å². The largest absolute Gasteiger partial charge is 0.100 e. The lowest BCUT2D eigenvalue weighted by Crippen LogP contribution is -1.83. The molecule has 0 amide bonds. The van der Waals surface area contributed by atoms with Crippen LogP contribution in [0.1, 0.15) is 79.4 Å². The Morgan fingerprint density at radius 3 is 1.37 bits per heavy atom. The number of rotatable bonds is 4. The molecule has 0 bridgehead atoms. The van der Waals surface area contributed by atoms with Crippen molar-refractivity contribution < 1.29 is 0 Å². The third kappa shape index (κ3) is 21.9. The Hall–Kier alpha value is -2.08. The summed E-state index contributed by atoms with van der Waals surface area (Å²) in [5.74, 6) is 0. The summed E-state index contributed by atoms with van der Waals surface area (Å²) in [5, 5.41) is 0. The van der Waals surface area contributed by atoms with Crippen LogP contribution in [0.2, 0.25) is 0 Å². The number of hydrogen-bond donors (Lipinski definition) is 0. The van der Waals surface area contributed by atoms with Crippen molar-refractivity contribution in [1.82, 2.24) is 0 Å². The molecule has 2 aromatic rings. The summed E-state index contributed by atoms with van der Waals surface area (Å²) in [6.45, 7) is 24.0. The summed E-state index contributed by atoms with van der Waals surface area (Å²) in [6, 6.07) is 20.7. The Kier molecular flexibility index (Phi) is 26.3. The monoisotopic (exact) mass is 368 g/mol. The smallest absolute Gasteiger partial charge is 0.0233 e. The quantitative estimate of drug-likeness (QED) is 0.471. The molecule has 0 N–H and O–H groups in total. The number of allylic oxidation sites excluding steroid dienone is 2. The predicted molar refractivity (Wildman–Crippen MR) is 129 cm³/mol. The molecule has 0 atom stereocenters. The van der Waals surface area contributed by atoms with Gasteiger partial charge in [0.15, 0.2) is 0 Å². The Morgan fingerprint density at radius 1 is 0.704 bits per heavy atom. The van der Waals surface area contributed by atoms with E-state index in [0.29, 0.717) is 0 Å². The van der Waals surface area contributed by atoms with E-state index < -0.39 is 0 Å². The third-order valence-corrected chi connectivity index (χ3v) is 2.95. The summed E-state index contributed by atoms with van der Waals surface area (Å²) in [6.07, 6.45) is 3.47. The average molecular weight is 369 g/mol. The molecule has 0 saturated heterocycles.